The molecule has 0 N–H and O–H groups in total. The van der Waals surface area contributed by atoms with E-state index in [-0.39, 0.29) is 0 Å². The Kier molecular flexibility index (Phi) is 3.16. The van der Waals surface area contributed by atoms with Crippen LogP contribution in [0, 0.1) is 0 Å². The van der Waals surface area contributed by atoms with Crippen LogP contribution in [0.15, 0.2) is 60.7 Å². The van der Waals surface area contributed by atoms with Crippen molar-refractivity contribution in [2.75, 3.05) is 6.61 Å². The lowest BCUT2D eigenvalue weighted by atomic mass is 9.97. The highest BCUT2D eigenvalue weighted by Crippen LogP contribution is 2.48. The summed E-state index contributed by atoms with van der Waals surface area (Å²) < 4.78 is 5.90. The fourth-order valence-electron chi connectivity index (χ4n) is 2.40. The fourth-order valence-corrected chi connectivity index (χ4v) is 2.40. The number of rotatable bonds is 5. The van der Waals surface area contributed by atoms with Crippen molar-refractivity contribution in [3.8, 4) is 0 Å². The van der Waals surface area contributed by atoms with Crippen LogP contribution in [-0.2, 0) is 16.8 Å². The van der Waals surface area contributed by atoms with Gasteiger partial charge in [0.15, 0.2) is 0 Å². The summed E-state index contributed by atoms with van der Waals surface area (Å²) in [5, 5.41) is 0. The van der Waals surface area contributed by atoms with E-state index >= 15 is 0 Å². The molecule has 0 bridgehead atoms. The van der Waals surface area contributed by atoms with Gasteiger partial charge in [-0.15, -0.1) is 0 Å². The minimum absolute atomic E-state index is 0.302. The first-order valence-corrected chi connectivity index (χ1v) is 6.56. The molecule has 1 fully saturated rings. The van der Waals surface area contributed by atoms with Gasteiger partial charge in [0.1, 0.15) is 0 Å². The molecular formula is C17H18O. The van der Waals surface area contributed by atoms with Gasteiger partial charge in [-0.25, -0.2) is 0 Å². The third-order valence-corrected chi connectivity index (χ3v) is 3.73. The molecule has 0 unspecified atom stereocenters. The first-order valence-electron chi connectivity index (χ1n) is 6.56. The van der Waals surface area contributed by atoms with Gasteiger partial charge in [-0.3, -0.25) is 0 Å². The zero-order valence-electron chi connectivity index (χ0n) is 10.5. The predicted octanol–water partition coefficient (Wildman–Crippen LogP) is 3.94. The lowest BCUT2D eigenvalue weighted by Gasteiger charge is -2.16. The van der Waals surface area contributed by atoms with Crippen LogP contribution in [0.25, 0.3) is 0 Å². The molecule has 0 saturated heterocycles. The Morgan fingerprint density at radius 3 is 2.06 bits per heavy atom. The highest BCUT2D eigenvalue weighted by molar-refractivity contribution is 5.31. The van der Waals surface area contributed by atoms with Crippen LogP contribution in [-0.4, -0.2) is 6.61 Å². The Morgan fingerprint density at radius 1 is 0.833 bits per heavy atom. The second-order valence-electron chi connectivity index (χ2n) is 5.12. The highest BCUT2D eigenvalue weighted by Gasteiger charge is 2.44. The number of hydrogen-bond donors (Lipinski definition) is 0. The Morgan fingerprint density at radius 2 is 1.44 bits per heavy atom. The van der Waals surface area contributed by atoms with Gasteiger partial charge in [-0.1, -0.05) is 60.7 Å². The van der Waals surface area contributed by atoms with Gasteiger partial charge < -0.3 is 4.74 Å². The third-order valence-electron chi connectivity index (χ3n) is 3.73. The van der Waals surface area contributed by atoms with E-state index in [0.717, 1.165) is 13.2 Å². The molecule has 0 aromatic heterocycles. The minimum Gasteiger partial charge on any atom is -0.376 e. The molecule has 0 amide bonds. The highest BCUT2D eigenvalue weighted by atomic mass is 16.5. The van der Waals surface area contributed by atoms with E-state index in [4.69, 9.17) is 4.74 Å². The molecule has 0 radical (unpaired) electrons. The van der Waals surface area contributed by atoms with Crippen LogP contribution < -0.4 is 0 Å². The maximum absolute atomic E-state index is 5.90. The molecule has 3 rings (SSSR count). The van der Waals surface area contributed by atoms with Crippen LogP contribution in [0.5, 0.6) is 0 Å². The molecule has 2 aromatic carbocycles. The summed E-state index contributed by atoms with van der Waals surface area (Å²) in [6, 6.07) is 21.1. The Labute approximate surface area is 108 Å². The summed E-state index contributed by atoms with van der Waals surface area (Å²) in [4.78, 5) is 0. The zero-order valence-corrected chi connectivity index (χ0v) is 10.5. The molecule has 2 aromatic rings. The molecule has 1 nitrogen and oxygen atoms in total. The number of ether oxygens (including phenoxy) is 1. The summed E-state index contributed by atoms with van der Waals surface area (Å²) in [7, 11) is 0. The van der Waals surface area contributed by atoms with Gasteiger partial charge >= 0.3 is 0 Å². The van der Waals surface area contributed by atoms with Crippen molar-refractivity contribution in [3.05, 3.63) is 71.8 Å². The zero-order chi connectivity index (χ0) is 12.3. The first-order chi connectivity index (χ1) is 8.89. The van der Waals surface area contributed by atoms with Crippen LogP contribution in [0.1, 0.15) is 24.0 Å². The van der Waals surface area contributed by atoms with Crippen molar-refractivity contribution in [2.45, 2.75) is 24.9 Å². The van der Waals surface area contributed by atoms with Gasteiger partial charge in [0, 0.05) is 5.41 Å². The second kappa shape index (κ2) is 4.95. The normalized spacial score (nSPS) is 16.4. The lowest BCUT2D eigenvalue weighted by molar-refractivity contribution is 0.100. The van der Waals surface area contributed by atoms with Crippen LogP contribution in [0.4, 0.5) is 0 Å². The molecule has 18 heavy (non-hydrogen) atoms. The first kappa shape index (κ1) is 11.5. The van der Waals surface area contributed by atoms with Gasteiger partial charge in [0.05, 0.1) is 13.2 Å². The van der Waals surface area contributed by atoms with Crippen molar-refractivity contribution in [1.82, 2.24) is 0 Å². The van der Waals surface area contributed by atoms with E-state index in [1.807, 2.05) is 6.07 Å². The summed E-state index contributed by atoms with van der Waals surface area (Å²) in [6.45, 7) is 1.56. The Bertz CT molecular complexity index is 486. The summed E-state index contributed by atoms with van der Waals surface area (Å²) in [5.41, 5.74) is 2.98. The van der Waals surface area contributed by atoms with E-state index in [0.29, 0.717) is 5.41 Å². The summed E-state index contributed by atoms with van der Waals surface area (Å²) in [6.07, 6.45) is 2.51. The maximum atomic E-state index is 5.90. The minimum atomic E-state index is 0.302. The summed E-state index contributed by atoms with van der Waals surface area (Å²) in [5.74, 6) is 0. The Hall–Kier alpha value is -1.60. The van der Waals surface area contributed by atoms with Crippen molar-refractivity contribution in [3.63, 3.8) is 0 Å². The Balaban J connectivity index is 1.58. The summed E-state index contributed by atoms with van der Waals surface area (Å²) >= 11 is 0. The largest absolute Gasteiger partial charge is 0.376 e. The molecule has 1 aliphatic carbocycles. The topological polar surface area (TPSA) is 9.23 Å². The number of hydrogen-bond acceptors (Lipinski definition) is 1. The van der Waals surface area contributed by atoms with Crippen molar-refractivity contribution in [1.29, 1.82) is 0 Å². The van der Waals surface area contributed by atoms with Gasteiger partial charge in [0.2, 0.25) is 0 Å². The molecule has 1 aliphatic rings. The van der Waals surface area contributed by atoms with Crippen molar-refractivity contribution in [2.24, 2.45) is 0 Å². The van der Waals surface area contributed by atoms with Crippen LogP contribution in [0.2, 0.25) is 0 Å². The molecule has 0 heterocycles. The maximum Gasteiger partial charge on any atom is 0.0717 e. The monoisotopic (exact) mass is 238 g/mol. The fraction of sp³-hybridized carbons (Fsp3) is 0.294. The molecule has 1 saturated carbocycles. The van der Waals surface area contributed by atoms with Gasteiger partial charge in [0.25, 0.3) is 0 Å². The van der Waals surface area contributed by atoms with Crippen molar-refractivity contribution < 1.29 is 4.74 Å². The lowest BCUT2D eigenvalue weighted by Crippen LogP contribution is -2.15. The van der Waals surface area contributed by atoms with E-state index in [2.05, 4.69) is 54.6 Å². The van der Waals surface area contributed by atoms with E-state index in [1.54, 1.807) is 0 Å². The molecular weight excluding hydrogens is 220 g/mol. The smallest absolute Gasteiger partial charge is 0.0717 e. The quantitative estimate of drug-likeness (QED) is 0.766. The van der Waals surface area contributed by atoms with Gasteiger partial charge in [-0.2, -0.15) is 0 Å². The molecule has 0 spiro atoms. The molecule has 0 atom stereocenters. The van der Waals surface area contributed by atoms with E-state index in [9.17, 15) is 0 Å². The third kappa shape index (κ3) is 2.46. The predicted molar refractivity (Wildman–Crippen MR) is 73.5 cm³/mol. The second-order valence-corrected chi connectivity index (χ2v) is 5.12. The van der Waals surface area contributed by atoms with Crippen molar-refractivity contribution >= 4 is 0 Å². The molecule has 1 heteroatoms. The van der Waals surface area contributed by atoms with E-state index in [1.165, 1.54) is 24.0 Å². The average molecular weight is 238 g/mol. The number of benzene rings is 2. The average Bonchev–Trinajstić information content (AvgIpc) is 3.22. The molecule has 0 aliphatic heterocycles. The molecule has 92 valence electrons. The SMILES string of the molecule is c1ccc(COCC2(c3ccccc3)CC2)cc1. The standard InChI is InChI=1S/C17H18O/c1-3-7-15(8-4-1)13-18-14-17(11-12-17)16-9-5-2-6-10-16/h1-10H,11-14H2. The van der Waals surface area contributed by atoms with E-state index < -0.39 is 0 Å². The van der Waals surface area contributed by atoms with Crippen LogP contribution >= 0.6 is 0 Å². The van der Waals surface area contributed by atoms with Gasteiger partial charge in [-0.05, 0) is 24.0 Å². The van der Waals surface area contributed by atoms with Crippen LogP contribution in [0.3, 0.4) is 0 Å².